The van der Waals surface area contributed by atoms with Gasteiger partial charge in [-0.2, -0.15) is 0 Å². The summed E-state index contributed by atoms with van der Waals surface area (Å²) < 4.78 is 5.26. The maximum Gasteiger partial charge on any atom is 0.0662 e. The van der Waals surface area contributed by atoms with E-state index in [4.69, 9.17) is 4.74 Å². The van der Waals surface area contributed by atoms with Crippen LogP contribution in [0.25, 0.3) is 0 Å². The Labute approximate surface area is 72.6 Å². The van der Waals surface area contributed by atoms with Crippen LogP contribution < -0.4 is 0 Å². The average molecular weight is 173 g/mol. The zero-order chi connectivity index (χ0) is 8.10. The number of hydrogen-bond acceptors (Lipinski definition) is 3. The van der Waals surface area contributed by atoms with Crippen molar-refractivity contribution in [1.29, 1.82) is 0 Å². The number of nitrogens with zero attached hydrogens (tertiary/aromatic N) is 1. The van der Waals surface area contributed by atoms with Crippen LogP contribution in [-0.2, 0) is 4.74 Å². The Morgan fingerprint density at radius 2 is 2.09 bits per heavy atom. The van der Waals surface area contributed by atoms with Crippen LogP contribution in [0.4, 0.5) is 0 Å². The highest BCUT2D eigenvalue weighted by atomic mass is 32.2. The van der Waals surface area contributed by atoms with Gasteiger partial charge in [-0.05, 0) is 13.2 Å². The van der Waals surface area contributed by atoms with Crippen molar-refractivity contribution in [2.45, 2.75) is 6.92 Å². The quantitative estimate of drug-likeness (QED) is 0.628. The fourth-order valence-electron chi connectivity index (χ4n) is 1.21. The molecule has 0 amide bonds. The summed E-state index contributed by atoms with van der Waals surface area (Å²) in [6.45, 7) is 5.91. The van der Waals surface area contributed by atoms with Crippen LogP contribution in [0, 0.1) is 0 Å². The van der Waals surface area contributed by atoms with Crippen molar-refractivity contribution in [3.8, 4) is 0 Å². The minimum absolute atomic E-state index is 0.873. The normalized spacial score (nSPS) is 20.5. The molecule has 1 saturated heterocycles. The number of morpholine rings is 1. The first-order valence-corrected chi connectivity index (χ1v) is 5.14. The van der Waals surface area contributed by atoms with E-state index in [9.17, 15) is 0 Å². The molecule has 0 bridgehead atoms. The van der Waals surface area contributed by atoms with Crippen molar-refractivity contribution < 1.29 is 4.74 Å². The van der Waals surface area contributed by atoms with Crippen molar-refractivity contribution in [3.05, 3.63) is 11.1 Å². The molecular weight excluding hydrogens is 158 g/mol. The third-order valence-corrected chi connectivity index (χ3v) is 2.69. The molecule has 0 N–H and O–H groups in total. The van der Waals surface area contributed by atoms with Crippen molar-refractivity contribution in [1.82, 2.24) is 4.90 Å². The van der Waals surface area contributed by atoms with Gasteiger partial charge in [0, 0.05) is 13.1 Å². The zero-order valence-corrected chi connectivity index (χ0v) is 7.99. The molecule has 3 heteroatoms. The Kier molecular flexibility index (Phi) is 3.80. The molecule has 1 fully saturated rings. The van der Waals surface area contributed by atoms with Gasteiger partial charge in [0.1, 0.15) is 0 Å². The predicted molar refractivity (Wildman–Crippen MR) is 49.7 cm³/mol. The minimum Gasteiger partial charge on any atom is -0.378 e. The van der Waals surface area contributed by atoms with Crippen LogP contribution in [0.5, 0.6) is 0 Å². The maximum absolute atomic E-state index is 5.26. The van der Waals surface area contributed by atoms with E-state index >= 15 is 0 Å². The highest BCUT2D eigenvalue weighted by Crippen LogP contribution is 2.17. The number of ether oxygens (including phenoxy) is 1. The van der Waals surface area contributed by atoms with E-state index in [-0.39, 0.29) is 0 Å². The number of hydrogen-bond donors (Lipinski definition) is 0. The SMILES string of the molecule is CC=C(SC)N1CCOCC1. The Morgan fingerprint density at radius 3 is 2.55 bits per heavy atom. The minimum atomic E-state index is 0.873. The molecule has 0 aromatic rings. The molecular formula is C8H15NOS. The molecule has 11 heavy (non-hydrogen) atoms. The Hall–Kier alpha value is -0.150. The lowest BCUT2D eigenvalue weighted by Gasteiger charge is -2.29. The number of thioether (sulfide) groups is 1. The van der Waals surface area contributed by atoms with Gasteiger partial charge in [0.2, 0.25) is 0 Å². The number of allylic oxidation sites excluding steroid dienone is 1. The van der Waals surface area contributed by atoms with Crippen molar-refractivity contribution in [2.75, 3.05) is 32.6 Å². The third-order valence-electron chi connectivity index (χ3n) is 1.78. The van der Waals surface area contributed by atoms with Gasteiger partial charge in [0.05, 0.1) is 18.2 Å². The zero-order valence-electron chi connectivity index (χ0n) is 7.17. The predicted octanol–water partition coefficient (Wildman–Crippen LogP) is 1.54. The Bertz CT molecular complexity index is 141. The van der Waals surface area contributed by atoms with Crippen LogP contribution >= 0.6 is 11.8 Å². The molecule has 1 heterocycles. The molecule has 1 aliphatic rings. The van der Waals surface area contributed by atoms with Crippen LogP contribution in [0.2, 0.25) is 0 Å². The van der Waals surface area contributed by atoms with Gasteiger partial charge in [-0.15, -0.1) is 11.8 Å². The molecule has 1 aliphatic heterocycles. The number of rotatable bonds is 2. The molecule has 0 aliphatic carbocycles. The summed E-state index contributed by atoms with van der Waals surface area (Å²) in [6.07, 6.45) is 4.28. The second-order valence-corrected chi connectivity index (χ2v) is 3.26. The lowest BCUT2D eigenvalue weighted by atomic mass is 10.4. The van der Waals surface area contributed by atoms with E-state index in [0.717, 1.165) is 26.3 Å². The summed E-state index contributed by atoms with van der Waals surface area (Å²) >= 11 is 1.81. The molecule has 64 valence electrons. The van der Waals surface area contributed by atoms with Gasteiger partial charge < -0.3 is 9.64 Å². The fourth-order valence-corrected chi connectivity index (χ4v) is 1.89. The third kappa shape index (κ3) is 2.42. The molecule has 0 radical (unpaired) electrons. The standard InChI is InChI=1S/C8H15NOS/c1-3-8(11-2)9-4-6-10-7-5-9/h3H,4-7H2,1-2H3. The van der Waals surface area contributed by atoms with E-state index in [1.54, 1.807) is 0 Å². The average Bonchev–Trinajstić information content (AvgIpc) is 2.09. The van der Waals surface area contributed by atoms with Crippen molar-refractivity contribution in [3.63, 3.8) is 0 Å². The molecule has 0 aromatic heterocycles. The lowest BCUT2D eigenvalue weighted by molar-refractivity contribution is 0.0576. The molecule has 0 saturated carbocycles. The molecule has 0 unspecified atom stereocenters. The van der Waals surface area contributed by atoms with Gasteiger partial charge in [0.15, 0.2) is 0 Å². The summed E-state index contributed by atoms with van der Waals surface area (Å²) in [5.41, 5.74) is 0. The smallest absolute Gasteiger partial charge is 0.0662 e. The highest BCUT2D eigenvalue weighted by molar-refractivity contribution is 8.02. The van der Waals surface area contributed by atoms with Crippen LogP contribution in [0.1, 0.15) is 6.92 Å². The van der Waals surface area contributed by atoms with Gasteiger partial charge >= 0.3 is 0 Å². The lowest BCUT2D eigenvalue weighted by Crippen LogP contribution is -2.34. The summed E-state index contributed by atoms with van der Waals surface area (Å²) in [6, 6.07) is 0. The second-order valence-electron chi connectivity index (χ2n) is 2.43. The second kappa shape index (κ2) is 4.67. The molecule has 0 spiro atoms. The molecule has 0 atom stereocenters. The molecule has 1 rings (SSSR count). The maximum atomic E-state index is 5.26. The van der Waals surface area contributed by atoms with Gasteiger partial charge in [-0.1, -0.05) is 6.08 Å². The highest BCUT2D eigenvalue weighted by Gasteiger charge is 2.11. The fraction of sp³-hybridized carbons (Fsp3) is 0.750. The largest absolute Gasteiger partial charge is 0.378 e. The van der Waals surface area contributed by atoms with E-state index in [1.165, 1.54) is 5.03 Å². The summed E-state index contributed by atoms with van der Waals surface area (Å²) in [5, 5.41) is 1.37. The van der Waals surface area contributed by atoms with Crippen LogP contribution in [0.15, 0.2) is 11.1 Å². The Morgan fingerprint density at radius 1 is 1.45 bits per heavy atom. The van der Waals surface area contributed by atoms with E-state index in [0.29, 0.717) is 0 Å². The first-order chi connectivity index (χ1) is 5.38. The summed E-state index contributed by atoms with van der Waals surface area (Å²) in [5.74, 6) is 0. The molecule has 0 aromatic carbocycles. The summed E-state index contributed by atoms with van der Waals surface area (Å²) in [7, 11) is 0. The van der Waals surface area contributed by atoms with Crippen LogP contribution in [-0.4, -0.2) is 37.5 Å². The van der Waals surface area contributed by atoms with E-state index < -0.39 is 0 Å². The van der Waals surface area contributed by atoms with E-state index in [1.807, 2.05) is 11.8 Å². The van der Waals surface area contributed by atoms with Crippen molar-refractivity contribution in [2.24, 2.45) is 0 Å². The van der Waals surface area contributed by atoms with Crippen molar-refractivity contribution >= 4 is 11.8 Å². The van der Waals surface area contributed by atoms with Gasteiger partial charge in [-0.25, -0.2) is 0 Å². The topological polar surface area (TPSA) is 12.5 Å². The Balaban J connectivity index is 2.43. The monoisotopic (exact) mass is 173 g/mol. The first-order valence-electron chi connectivity index (χ1n) is 3.91. The van der Waals surface area contributed by atoms with Gasteiger partial charge in [-0.3, -0.25) is 0 Å². The van der Waals surface area contributed by atoms with Gasteiger partial charge in [0.25, 0.3) is 0 Å². The van der Waals surface area contributed by atoms with E-state index in [2.05, 4.69) is 24.2 Å². The summed E-state index contributed by atoms with van der Waals surface area (Å²) in [4.78, 5) is 2.37. The molecule has 2 nitrogen and oxygen atoms in total. The first kappa shape index (κ1) is 8.94. The van der Waals surface area contributed by atoms with Crippen LogP contribution in [0.3, 0.4) is 0 Å².